The van der Waals surface area contributed by atoms with E-state index in [0.717, 1.165) is 16.8 Å². The Morgan fingerprint density at radius 1 is 1.07 bits per heavy atom. The topological polar surface area (TPSA) is 80.3 Å². The average Bonchev–Trinajstić information content (AvgIpc) is 3.16. The summed E-state index contributed by atoms with van der Waals surface area (Å²) < 4.78 is 5.10. The number of carbonyl (C=O) groups excluding carboxylic acids is 2. The molecule has 144 valence electrons. The number of ether oxygens (including phenoxy) is 1. The molecule has 0 radical (unpaired) electrons. The molecule has 1 unspecified atom stereocenters. The first kappa shape index (κ1) is 19.6. The van der Waals surface area contributed by atoms with Crippen LogP contribution >= 0.6 is 11.3 Å². The van der Waals surface area contributed by atoms with Gasteiger partial charge in [0.05, 0.1) is 18.8 Å². The molecule has 6 nitrogen and oxygen atoms in total. The van der Waals surface area contributed by atoms with Crippen LogP contribution in [0.25, 0.3) is 11.3 Å². The number of nitrogens with one attached hydrogen (secondary N) is 2. The first-order valence-electron chi connectivity index (χ1n) is 8.74. The molecule has 2 aromatic carbocycles. The van der Waals surface area contributed by atoms with Crippen LogP contribution < -0.4 is 15.4 Å². The van der Waals surface area contributed by atoms with Crippen LogP contribution in [0, 0.1) is 0 Å². The summed E-state index contributed by atoms with van der Waals surface area (Å²) in [5.74, 6) is 0.417. The molecule has 0 aliphatic heterocycles. The molecule has 3 aromatic rings. The zero-order valence-corrected chi connectivity index (χ0v) is 16.7. The van der Waals surface area contributed by atoms with E-state index in [9.17, 15) is 9.59 Å². The summed E-state index contributed by atoms with van der Waals surface area (Å²) in [5.41, 5.74) is 3.28. The van der Waals surface area contributed by atoms with Gasteiger partial charge in [-0.3, -0.25) is 14.9 Å². The van der Waals surface area contributed by atoms with E-state index in [-0.39, 0.29) is 17.9 Å². The Bertz CT molecular complexity index is 965. The van der Waals surface area contributed by atoms with Gasteiger partial charge in [-0.05, 0) is 36.8 Å². The van der Waals surface area contributed by atoms with Gasteiger partial charge in [0.25, 0.3) is 5.91 Å². The number of amides is 2. The van der Waals surface area contributed by atoms with Gasteiger partial charge in [-0.2, -0.15) is 0 Å². The summed E-state index contributed by atoms with van der Waals surface area (Å²) in [5, 5.41) is 8.11. The highest BCUT2D eigenvalue weighted by Gasteiger charge is 2.11. The second kappa shape index (κ2) is 8.67. The maximum Gasteiger partial charge on any atom is 0.257 e. The number of methoxy groups -OCH3 is 1. The molecule has 0 aliphatic rings. The van der Waals surface area contributed by atoms with Crippen LogP contribution in [0.3, 0.4) is 0 Å². The maximum atomic E-state index is 12.3. The summed E-state index contributed by atoms with van der Waals surface area (Å²) >= 11 is 1.37. The number of rotatable bonds is 6. The second-order valence-electron chi connectivity index (χ2n) is 6.26. The molecule has 1 atom stereocenters. The van der Waals surface area contributed by atoms with Crippen molar-refractivity contribution in [3.05, 3.63) is 65.0 Å². The van der Waals surface area contributed by atoms with Crippen LogP contribution in [0.2, 0.25) is 0 Å². The van der Waals surface area contributed by atoms with Crippen molar-refractivity contribution in [1.29, 1.82) is 0 Å². The van der Waals surface area contributed by atoms with Crippen molar-refractivity contribution in [3.63, 3.8) is 0 Å². The van der Waals surface area contributed by atoms with E-state index in [1.165, 1.54) is 18.3 Å². The van der Waals surface area contributed by atoms with Gasteiger partial charge in [-0.1, -0.05) is 24.3 Å². The number of thiazole rings is 1. The van der Waals surface area contributed by atoms with Gasteiger partial charge in [0.1, 0.15) is 5.75 Å². The fourth-order valence-corrected chi connectivity index (χ4v) is 3.42. The standard InChI is InChI=1S/C21H21N3O3S/c1-13(22-14(2)25)15-4-6-16(7-5-15)19-12-28-21(23-19)24-20(26)17-8-10-18(27-3)11-9-17/h4-13H,1-3H3,(H,22,25)(H,23,24,26). The third-order valence-electron chi connectivity index (χ3n) is 4.20. The number of carbonyl (C=O) groups is 2. The van der Waals surface area contributed by atoms with Crippen LogP contribution in [0.15, 0.2) is 53.9 Å². The first-order valence-corrected chi connectivity index (χ1v) is 9.62. The number of anilines is 1. The molecule has 7 heteroatoms. The minimum Gasteiger partial charge on any atom is -0.497 e. The number of benzene rings is 2. The highest BCUT2D eigenvalue weighted by Crippen LogP contribution is 2.26. The number of aromatic nitrogens is 1. The lowest BCUT2D eigenvalue weighted by Crippen LogP contribution is -2.23. The monoisotopic (exact) mass is 395 g/mol. The number of nitrogens with zero attached hydrogens (tertiary/aromatic N) is 1. The molecule has 2 amide bonds. The first-order chi connectivity index (χ1) is 13.5. The smallest absolute Gasteiger partial charge is 0.257 e. The van der Waals surface area contributed by atoms with E-state index in [1.54, 1.807) is 31.4 Å². The zero-order chi connectivity index (χ0) is 20.1. The van der Waals surface area contributed by atoms with Crippen molar-refractivity contribution in [2.75, 3.05) is 12.4 Å². The molecule has 3 rings (SSSR count). The van der Waals surface area contributed by atoms with Crippen molar-refractivity contribution >= 4 is 28.3 Å². The predicted octanol–water partition coefficient (Wildman–Crippen LogP) is 4.27. The van der Waals surface area contributed by atoms with Crippen LogP contribution in [0.4, 0.5) is 5.13 Å². The molecule has 0 saturated carbocycles. The largest absolute Gasteiger partial charge is 0.497 e. The summed E-state index contributed by atoms with van der Waals surface area (Å²) in [6.45, 7) is 3.44. The second-order valence-corrected chi connectivity index (χ2v) is 7.12. The van der Waals surface area contributed by atoms with Crippen molar-refractivity contribution < 1.29 is 14.3 Å². The normalized spacial score (nSPS) is 11.5. The molecule has 0 spiro atoms. The summed E-state index contributed by atoms with van der Waals surface area (Å²) in [7, 11) is 1.58. The molecule has 1 heterocycles. The highest BCUT2D eigenvalue weighted by molar-refractivity contribution is 7.14. The lowest BCUT2D eigenvalue weighted by atomic mass is 10.1. The van der Waals surface area contributed by atoms with E-state index < -0.39 is 0 Å². The van der Waals surface area contributed by atoms with Gasteiger partial charge >= 0.3 is 0 Å². The van der Waals surface area contributed by atoms with Crippen molar-refractivity contribution in [3.8, 4) is 17.0 Å². The van der Waals surface area contributed by atoms with Crippen molar-refractivity contribution in [2.45, 2.75) is 19.9 Å². The van der Waals surface area contributed by atoms with Crippen molar-refractivity contribution in [2.24, 2.45) is 0 Å². The Balaban J connectivity index is 1.67. The minimum absolute atomic E-state index is 0.0543. The van der Waals surface area contributed by atoms with Crippen LogP contribution in [0.5, 0.6) is 5.75 Å². The third-order valence-corrected chi connectivity index (χ3v) is 4.96. The predicted molar refractivity (Wildman–Crippen MR) is 111 cm³/mol. The van der Waals surface area contributed by atoms with Gasteiger partial charge in [0.15, 0.2) is 5.13 Å². The zero-order valence-electron chi connectivity index (χ0n) is 15.9. The Hall–Kier alpha value is -3.19. The van der Waals surface area contributed by atoms with Gasteiger partial charge < -0.3 is 10.1 Å². The molecule has 2 N–H and O–H groups in total. The molecular formula is C21H21N3O3S. The van der Waals surface area contributed by atoms with Crippen LogP contribution in [-0.2, 0) is 4.79 Å². The molecule has 0 aliphatic carbocycles. The van der Waals surface area contributed by atoms with Crippen LogP contribution in [-0.4, -0.2) is 23.9 Å². The third kappa shape index (κ3) is 4.75. The van der Waals surface area contributed by atoms with Crippen LogP contribution in [0.1, 0.15) is 35.8 Å². The maximum absolute atomic E-state index is 12.3. The molecule has 1 aromatic heterocycles. The van der Waals surface area contributed by atoms with E-state index in [0.29, 0.717) is 16.4 Å². The average molecular weight is 395 g/mol. The number of hydrogen-bond donors (Lipinski definition) is 2. The van der Waals surface area contributed by atoms with E-state index in [1.807, 2.05) is 36.6 Å². The Kier molecular flexibility index (Phi) is 6.06. The summed E-state index contributed by atoms with van der Waals surface area (Å²) in [6.07, 6.45) is 0. The fraction of sp³-hybridized carbons (Fsp3) is 0.190. The van der Waals surface area contributed by atoms with E-state index in [2.05, 4.69) is 15.6 Å². The number of hydrogen-bond acceptors (Lipinski definition) is 5. The van der Waals surface area contributed by atoms with E-state index >= 15 is 0 Å². The minimum atomic E-state index is -0.219. The summed E-state index contributed by atoms with van der Waals surface area (Å²) in [6, 6.07) is 14.7. The van der Waals surface area contributed by atoms with Gasteiger partial charge in [0, 0.05) is 23.4 Å². The lowest BCUT2D eigenvalue weighted by Gasteiger charge is -2.13. The van der Waals surface area contributed by atoms with E-state index in [4.69, 9.17) is 4.74 Å². The highest BCUT2D eigenvalue weighted by atomic mass is 32.1. The van der Waals surface area contributed by atoms with Crippen molar-refractivity contribution in [1.82, 2.24) is 10.3 Å². The lowest BCUT2D eigenvalue weighted by molar-refractivity contribution is -0.119. The fourth-order valence-electron chi connectivity index (χ4n) is 2.71. The molecular weight excluding hydrogens is 374 g/mol. The van der Waals surface area contributed by atoms with Gasteiger partial charge in [0.2, 0.25) is 5.91 Å². The summed E-state index contributed by atoms with van der Waals surface area (Å²) in [4.78, 5) is 28.0. The Morgan fingerprint density at radius 3 is 2.36 bits per heavy atom. The SMILES string of the molecule is COc1ccc(C(=O)Nc2nc(-c3ccc(C(C)NC(C)=O)cc3)cs2)cc1. The van der Waals surface area contributed by atoms with Gasteiger partial charge in [-0.15, -0.1) is 11.3 Å². The molecule has 0 bridgehead atoms. The van der Waals surface area contributed by atoms with Gasteiger partial charge in [-0.25, -0.2) is 4.98 Å². The Morgan fingerprint density at radius 2 is 1.75 bits per heavy atom. The molecule has 0 saturated heterocycles. The molecule has 28 heavy (non-hydrogen) atoms. The Labute approximate surface area is 167 Å². The quantitative estimate of drug-likeness (QED) is 0.653. The molecule has 0 fully saturated rings.